The van der Waals surface area contributed by atoms with Crippen LogP contribution in [-0.4, -0.2) is 12.0 Å². The summed E-state index contributed by atoms with van der Waals surface area (Å²) in [6.45, 7) is 1.37. The lowest BCUT2D eigenvalue weighted by atomic mass is 10.2. The van der Waals surface area contributed by atoms with Gasteiger partial charge in [-0.1, -0.05) is 0 Å². The first kappa shape index (κ1) is 12.3. The van der Waals surface area contributed by atoms with E-state index in [1.54, 1.807) is 0 Å². The zero-order chi connectivity index (χ0) is 12.3. The van der Waals surface area contributed by atoms with Gasteiger partial charge < -0.3 is 4.74 Å². The lowest BCUT2D eigenvalue weighted by molar-refractivity contribution is -0.193. The molecule has 0 aliphatic heterocycles. The van der Waals surface area contributed by atoms with Gasteiger partial charge in [-0.25, -0.2) is 10.2 Å². The standard InChI is InChI=1S/C9H9F3N2O2/c1-5-4-6(10)2-3-7(5)16-9(11,12)8(15)14-13/h2-4H,13H2,1H3,(H,14,15). The molecule has 1 aromatic rings. The van der Waals surface area contributed by atoms with Gasteiger partial charge in [-0.2, -0.15) is 8.78 Å². The topological polar surface area (TPSA) is 64.3 Å². The summed E-state index contributed by atoms with van der Waals surface area (Å²) in [5.41, 5.74) is 1.41. The van der Waals surface area contributed by atoms with Crippen molar-refractivity contribution in [3.63, 3.8) is 0 Å². The van der Waals surface area contributed by atoms with Gasteiger partial charge in [0.25, 0.3) is 0 Å². The second-order valence-electron chi connectivity index (χ2n) is 3.00. The van der Waals surface area contributed by atoms with E-state index in [4.69, 9.17) is 0 Å². The number of nitrogens with two attached hydrogens (primary N) is 1. The summed E-state index contributed by atoms with van der Waals surface area (Å²) in [5.74, 6) is 1.89. The first-order valence-electron chi connectivity index (χ1n) is 4.21. The average molecular weight is 234 g/mol. The van der Waals surface area contributed by atoms with E-state index >= 15 is 0 Å². The Morgan fingerprint density at radius 2 is 2.12 bits per heavy atom. The number of carbonyl (C=O) groups excluding carboxylic acids is 1. The highest BCUT2D eigenvalue weighted by Crippen LogP contribution is 2.25. The Morgan fingerprint density at radius 3 is 2.62 bits per heavy atom. The van der Waals surface area contributed by atoms with Crippen LogP contribution in [0, 0.1) is 12.7 Å². The molecule has 3 N–H and O–H groups in total. The molecule has 0 spiro atoms. The van der Waals surface area contributed by atoms with Crippen LogP contribution in [0.4, 0.5) is 13.2 Å². The fourth-order valence-corrected chi connectivity index (χ4v) is 0.996. The van der Waals surface area contributed by atoms with Gasteiger partial charge in [-0.15, -0.1) is 0 Å². The number of halogens is 3. The van der Waals surface area contributed by atoms with Gasteiger partial charge in [-0.05, 0) is 30.7 Å². The van der Waals surface area contributed by atoms with E-state index in [-0.39, 0.29) is 11.3 Å². The highest BCUT2D eigenvalue weighted by Gasteiger charge is 2.42. The molecule has 0 aliphatic carbocycles. The molecule has 0 saturated carbocycles. The molecule has 4 nitrogen and oxygen atoms in total. The van der Waals surface area contributed by atoms with Crippen LogP contribution >= 0.6 is 0 Å². The van der Waals surface area contributed by atoms with Crippen molar-refractivity contribution in [2.75, 3.05) is 0 Å². The molecule has 1 rings (SSSR count). The zero-order valence-corrected chi connectivity index (χ0v) is 8.26. The Balaban J connectivity index is 2.92. The fraction of sp³-hybridized carbons (Fsp3) is 0.222. The van der Waals surface area contributed by atoms with Gasteiger partial charge in [0.15, 0.2) is 0 Å². The van der Waals surface area contributed by atoms with Crippen molar-refractivity contribution in [3.05, 3.63) is 29.6 Å². The van der Waals surface area contributed by atoms with Crippen LogP contribution < -0.4 is 16.0 Å². The van der Waals surface area contributed by atoms with Crippen molar-refractivity contribution in [3.8, 4) is 5.75 Å². The number of rotatable bonds is 3. The van der Waals surface area contributed by atoms with Crippen molar-refractivity contribution in [1.29, 1.82) is 0 Å². The van der Waals surface area contributed by atoms with Crippen molar-refractivity contribution in [2.24, 2.45) is 5.84 Å². The number of hydrazine groups is 1. The second-order valence-corrected chi connectivity index (χ2v) is 3.00. The number of nitrogens with one attached hydrogen (secondary N) is 1. The molecule has 0 unspecified atom stereocenters. The number of amides is 1. The molecule has 88 valence electrons. The molecular weight excluding hydrogens is 225 g/mol. The van der Waals surface area contributed by atoms with E-state index in [1.165, 1.54) is 12.3 Å². The molecule has 7 heteroatoms. The summed E-state index contributed by atoms with van der Waals surface area (Å²) in [6, 6.07) is 2.95. The minimum absolute atomic E-state index is 0.143. The van der Waals surface area contributed by atoms with Crippen LogP contribution in [0.25, 0.3) is 0 Å². The van der Waals surface area contributed by atoms with Gasteiger partial charge in [0.2, 0.25) is 0 Å². The van der Waals surface area contributed by atoms with E-state index in [9.17, 15) is 18.0 Å². The third-order valence-corrected chi connectivity index (χ3v) is 1.77. The summed E-state index contributed by atoms with van der Waals surface area (Å²) in [6.07, 6.45) is -4.10. The molecular formula is C9H9F3N2O2. The molecule has 0 aromatic heterocycles. The molecule has 16 heavy (non-hydrogen) atoms. The highest BCUT2D eigenvalue weighted by atomic mass is 19.3. The Bertz CT molecular complexity index is 410. The maximum atomic E-state index is 13.0. The number of ether oxygens (including phenoxy) is 1. The molecule has 0 radical (unpaired) electrons. The van der Waals surface area contributed by atoms with E-state index in [2.05, 4.69) is 10.6 Å². The van der Waals surface area contributed by atoms with Crippen LogP contribution in [0.5, 0.6) is 5.75 Å². The largest absolute Gasteiger partial charge is 0.483 e. The average Bonchev–Trinajstić information content (AvgIpc) is 2.21. The van der Waals surface area contributed by atoms with Crippen LogP contribution in [0.15, 0.2) is 18.2 Å². The summed E-state index contributed by atoms with van der Waals surface area (Å²) in [5, 5.41) is 0. The van der Waals surface area contributed by atoms with Gasteiger partial charge in [0.1, 0.15) is 11.6 Å². The first-order valence-corrected chi connectivity index (χ1v) is 4.21. The van der Waals surface area contributed by atoms with E-state index in [1.807, 2.05) is 0 Å². The minimum atomic E-state index is -4.10. The normalized spacial score (nSPS) is 11.1. The minimum Gasteiger partial charge on any atom is -0.425 e. The predicted octanol–water partition coefficient (Wildman–Crippen LogP) is 1.10. The van der Waals surface area contributed by atoms with Crippen molar-refractivity contribution < 1.29 is 22.7 Å². The number of carbonyl (C=O) groups is 1. The Kier molecular flexibility index (Phi) is 3.38. The number of hydrogen-bond donors (Lipinski definition) is 2. The van der Waals surface area contributed by atoms with Crippen LogP contribution in [0.3, 0.4) is 0 Å². The third-order valence-electron chi connectivity index (χ3n) is 1.77. The van der Waals surface area contributed by atoms with E-state index in [0.29, 0.717) is 0 Å². The molecule has 0 aliphatic rings. The lowest BCUT2D eigenvalue weighted by Crippen LogP contribution is -2.47. The van der Waals surface area contributed by atoms with E-state index in [0.717, 1.165) is 18.2 Å². The third kappa shape index (κ3) is 2.63. The van der Waals surface area contributed by atoms with Crippen molar-refractivity contribution >= 4 is 5.91 Å². The fourth-order valence-electron chi connectivity index (χ4n) is 0.996. The zero-order valence-electron chi connectivity index (χ0n) is 8.26. The summed E-state index contributed by atoms with van der Waals surface area (Å²) in [4.78, 5) is 10.6. The summed E-state index contributed by atoms with van der Waals surface area (Å²) < 4.78 is 42.8. The summed E-state index contributed by atoms with van der Waals surface area (Å²) >= 11 is 0. The predicted molar refractivity (Wildman–Crippen MR) is 49.0 cm³/mol. The van der Waals surface area contributed by atoms with Crippen molar-refractivity contribution in [1.82, 2.24) is 5.43 Å². The maximum Gasteiger partial charge on any atom is 0.483 e. The second kappa shape index (κ2) is 4.40. The van der Waals surface area contributed by atoms with Gasteiger partial charge in [0.05, 0.1) is 0 Å². The van der Waals surface area contributed by atoms with Gasteiger partial charge >= 0.3 is 12.0 Å². The van der Waals surface area contributed by atoms with Gasteiger partial charge in [0, 0.05) is 0 Å². The van der Waals surface area contributed by atoms with Crippen LogP contribution in [0.2, 0.25) is 0 Å². The Hall–Kier alpha value is -1.76. The van der Waals surface area contributed by atoms with Crippen molar-refractivity contribution in [2.45, 2.75) is 13.0 Å². The maximum absolute atomic E-state index is 13.0. The molecule has 0 bridgehead atoms. The SMILES string of the molecule is Cc1cc(F)ccc1OC(F)(F)C(=O)NN. The quantitative estimate of drug-likeness (QED) is 0.467. The van der Waals surface area contributed by atoms with Gasteiger partial charge in [-0.3, -0.25) is 10.2 Å². The smallest absolute Gasteiger partial charge is 0.425 e. The Morgan fingerprint density at radius 1 is 1.50 bits per heavy atom. The first-order chi connectivity index (χ1) is 7.36. The molecule has 0 heterocycles. The molecule has 0 fully saturated rings. The highest BCUT2D eigenvalue weighted by molar-refractivity contribution is 5.81. The van der Waals surface area contributed by atoms with Crippen LogP contribution in [0.1, 0.15) is 5.56 Å². The molecule has 1 amide bonds. The van der Waals surface area contributed by atoms with E-state index < -0.39 is 17.8 Å². The molecule has 1 aromatic carbocycles. The number of benzene rings is 1. The lowest BCUT2D eigenvalue weighted by Gasteiger charge is -2.17. The number of aryl methyl sites for hydroxylation is 1. The number of hydrogen-bond acceptors (Lipinski definition) is 3. The number of alkyl halides is 2. The summed E-state index contributed by atoms with van der Waals surface area (Å²) in [7, 11) is 0. The Labute approximate surface area is 89.2 Å². The molecule has 0 saturated heterocycles. The monoisotopic (exact) mass is 234 g/mol. The molecule has 0 atom stereocenters. The van der Waals surface area contributed by atoms with Crippen LogP contribution in [-0.2, 0) is 4.79 Å².